The topological polar surface area (TPSA) is 64.7 Å². The van der Waals surface area contributed by atoms with Crippen LogP contribution in [0.1, 0.15) is 6.42 Å². The quantitative estimate of drug-likeness (QED) is 0.632. The van der Waals surface area contributed by atoms with E-state index in [2.05, 4.69) is 22.1 Å². The van der Waals surface area contributed by atoms with E-state index in [1.54, 1.807) is 6.08 Å². The largest absolute Gasteiger partial charge is 0.352 e. The molecule has 6 nitrogen and oxygen atoms in total. The summed E-state index contributed by atoms with van der Waals surface area (Å²) in [7, 11) is 0. The molecule has 2 heterocycles. The van der Waals surface area contributed by atoms with Gasteiger partial charge >= 0.3 is 0 Å². The number of amides is 2. The second-order valence-corrected chi connectivity index (χ2v) is 6.83. The van der Waals surface area contributed by atoms with Crippen molar-refractivity contribution in [2.24, 2.45) is 0 Å². The molecule has 2 amide bonds. The summed E-state index contributed by atoms with van der Waals surface area (Å²) in [6.07, 6.45) is 2.26. The number of nitrogens with zero attached hydrogens (tertiary/aromatic N) is 2. The number of carbonyl (C=O) groups is 2. The van der Waals surface area contributed by atoms with Crippen LogP contribution in [0.25, 0.3) is 0 Å². The number of halogens is 2. The zero-order valence-electron chi connectivity index (χ0n) is 13.9. The summed E-state index contributed by atoms with van der Waals surface area (Å²) in [6, 6.07) is 0.314. The van der Waals surface area contributed by atoms with Crippen molar-refractivity contribution in [2.45, 2.75) is 12.5 Å². The number of hydrogen-bond donors (Lipinski definition) is 2. The lowest BCUT2D eigenvalue weighted by molar-refractivity contribution is -0.133. The van der Waals surface area contributed by atoms with Crippen molar-refractivity contribution < 1.29 is 9.59 Å². The van der Waals surface area contributed by atoms with E-state index in [0.29, 0.717) is 38.6 Å². The standard InChI is InChI=1S/C15H26N4O2S.2ClH/c1-2-3-17-14(20)11-18-5-7-19(8-6-18)15(21)10-13-12-22-9-4-16-13;;/h2,13,16H,1,3-12H2,(H,17,20);2*1H. The molecule has 9 heteroatoms. The average Bonchev–Trinajstić information content (AvgIpc) is 2.54. The van der Waals surface area contributed by atoms with E-state index >= 15 is 0 Å². The number of piperazine rings is 1. The van der Waals surface area contributed by atoms with Crippen LogP contribution in [0.5, 0.6) is 0 Å². The van der Waals surface area contributed by atoms with Crippen LogP contribution in [0.3, 0.4) is 0 Å². The number of hydrogen-bond acceptors (Lipinski definition) is 5. The smallest absolute Gasteiger partial charge is 0.234 e. The lowest BCUT2D eigenvalue weighted by atomic mass is 10.2. The molecule has 1 atom stereocenters. The molecule has 140 valence electrons. The molecule has 2 rings (SSSR count). The van der Waals surface area contributed by atoms with Crippen molar-refractivity contribution in [2.75, 3.05) is 57.3 Å². The first-order valence-electron chi connectivity index (χ1n) is 7.88. The Morgan fingerprint density at radius 3 is 2.54 bits per heavy atom. The van der Waals surface area contributed by atoms with Crippen LogP contribution in [-0.2, 0) is 9.59 Å². The molecule has 0 aromatic rings. The molecule has 0 aliphatic carbocycles. The predicted octanol–water partition coefficient (Wildman–Crippen LogP) is 0.372. The highest BCUT2D eigenvalue weighted by atomic mass is 35.5. The molecule has 2 saturated heterocycles. The minimum atomic E-state index is 0. The molecule has 2 fully saturated rings. The molecule has 2 aliphatic heterocycles. The van der Waals surface area contributed by atoms with Gasteiger partial charge in [-0.25, -0.2) is 0 Å². The Morgan fingerprint density at radius 1 is 1.25 bits per heavy atom. The van der Waals surface area contributed by atoms with Crippen molar-refractivity contribution in [1.82, 2.24) is 20.4 Å². The minimum Gasteiger partial charge on any atom is -0.352 e. The van der Waals surface area contributed by atoms with Crippen molar-refractivity contribution in [3.05, 3.63) is 12.7 Å². The summed E-state index contributed by atoms with van der Waals surface area (Å²) in [5.74, 6) is 2.41. The lowest BCUT2D eigenvalue weighted by Crippen LogP contribution is -2.52. The summed E-state index contributed by atoms with van der Waals surface area (Å²) in [5, 5.41) is 6.18. The molecule has 0 spiro atoms. The molecule has 2 aliphatic rings. The Morgan fingerprint density at radius 2 is 1.96 bits per heavy atom. The third-order valence-corrected chi connectivity index (χ3v) is 5.09. The fourth-order valence-electron chi connectivity index (χ4n) is 2.69. The van der Waals surface area contributed by atoms with Crippen LogP contribution < -0.4 is 10.6 Å². The van der Waals surface area contributed by atoms with Gasteiger partial charge in [0.05, 0.1) is 6.54 Å². The van der Waals surface area contributed by atoms with Gasteiger partial charge in [-0.2, -0.15) is 11.8 Å². The van der Waals surface area contributed by atoms with Gasteiger partial charge < -0.3 is 15.5 Å². The fourth-order valence-corrected chi connectivity index (χ4v) is 3.64. The first-order chi connectivity index (χ1) is 10.7. The van der Waals surface area contributed by atoms with E-state index in [9.17, 15) is 9.59 Å². The molecule has 0 saturated carbocycles. The third-order valence-electron chi connectivity index (χ3n) is 3.96. The molecule has 0 aromatic carbocycles. The SMILES string of the molecule is C=CCNC(=O)CN1CCN(C(=O)CC2CSCCN2)CC1.Cl.Cl. The minimum absolute atomic E-state index is 0. The van der Waals surface area contributed by atoms with E-state index < -0.39 is 0 Å². The van der Waals surface area contributed by atoms with Gasteiger partial charge in [-0.05, 0) is 0 Å². The van der Waals surface area contributed by atoms with E-state index in [1.807, 2.05) is 16.7 Å². The van der Waals surface area contributed by atoms with Gasteiger partial charge in [0.1, 0.15) is 0 Å². The normalized spacial score (nSPS) is 21.2. The third kappa shape index (κ3) is 8.07. The molecule has 0 aromatic heterocycles. The second-order valence-electron chi connectivity index (χ2n) is 5.68. The highest BCUT2D eigenvalue weighted by Gasteiger charge is 2.25. The van der Waals surface area contributed by atoms with Gasteiger partial charge in [0, 0.05) is 63.2 Å². The van der Waals surface area contributed by atoms with Crippen molar-refractivity contribution in [1.29, 1.82) is 0 Å². The molecular weight excluding hydrogens is 371 g/mol. The van der Waals surface area contributed by atoms with Gasteiger partial charge in [-0.3, -0.25) is 14.5 Å². The Kier molecular flexibility index (Phi) is 12.6. The van der Waals surface area contributed by atoms with Gasteiger partial charge in [-0.1, -0.05) is 6.08 Å². The molecule has 1 unspecified atom stereocenters. The molecule has 0 radical (unpaired) electrons. The highest BCUT2D eigenvalue weighted by molar-refractivity contribution is 7.99. The van der Waals surface area contributed by atoms with Crippen LogP contribution in [0.4, 0.5) is 0 Å². The Balaban J connectivity index is 0.00000264. The zero-order valence-corrected chi connectivity index (χ0v) is 16.3. The van der Waals surface area contributed by atoms with E-state index in [1.165, 1.54) is 0 Å². The monoisotopic (exact) mass is 398 g/mol. The Bertz CT molecular complexity index is 401. The predicted molar refractivity (Wildman–Crippen MR) is 104 cm³/mol. The van der Waals surface area contributed by atoms with Crippen LogP contribution in [0, 0.1) is 0 Å². The van der Waals surface area contributed by atoms with Gasteiger partial charge in [0.2, 0.25) is 11.8 Å². The first kappa shape index (κ1) is 23.5. The van der Waals surface area contributed by atoms with Gasteiger partial charge in [0.25, 0.3) is 0 Å². The fraction of sp³-hybridized carbons (Fsp3) is 0.733. The van der Waals surface area contributed by atoms with Crippen molar-refractivity contribution in [3.8, 4) is 0 Å². The number of carbonyl (C=O) groups excluding carboxylic acids is 2. The lowest BCUT2D eigenvalue weighted by Gasteiger charge is -2.35. The summed E-state index contributed by atoms with van der Waals surface area (Å²) < 4.78 is 0. The van der Waals surface area contributed by atoms with Crippen molar-refractivity contribution >= 4 is 48.4 Å². The van der Waals surface area contributed by atoms with Crippen molar-refractivity contribution in [3.63, 3.8) is 0 Å². The summed E-state index contributed by atoms with van der Waals surface area (Å²) in [5.41, 5.74) is 0. The maximum atomic E-state index is 12.3. The van der Waals surface area contributed by atoms with Gasteiger partial charge in [0.15, 0.2) is 0 Å². The zero-order chi connectivity index (χ0) is 15.8. The number of thioether (sulfide) groups is 1. The Hall–Kier alpha value is -0.470. The maximum Gasteiger partial charge on any atom is 0.234 e. The van der Waals surface area contributed by atoms with E-state index in [4.69, 9.17) is 0 Å². The summed E-state index contributed by atoms with van der Waals surface area (Å²) >= 11 is 1.91. The number of rotatable bonds is 6. The molecule has 2 N–H and O–H groups in total. The summed E-state index contributed by atoms with van der Waals surface area (Å²) in [6.45, 7) is 8.44. The molecule has 0 bridgehead atoms. The van der Waals surface area contributed by atoms with E-state index in [-0.39, 0.29) is 36.6 Å². The molecular formula is C15H28Cl2N4O2S. The molecule has 24 heavy (non-hydrogen) atoms. The van der Waals surface area contributed by atoms with Crippen LogP contribution in [0.2, 0.25) is 0 Å². The Labute approximate surface area is 161 Å². The second kappa shape index (κ2) is 12.8. The maximum absolute atomic E-state index is 12.3. The number of nitrogens with one attached hydrogen (secondary N) is 2. The van der Waals surface area contributed by atoms with Crippen LogP contribution >= 0.6 is 36.6 Å². The summed E-state index contributed by atoms with van der Waals surface area (Å²) in [4.78, 5) is 28.0. The van der Waals surface area contributed by atoms with Crippen LogP contribution in [0.15, 0.2) is 12.7 Å². The average molecular weight is 399 g/mol. The highest BCUT2D eigenvalue weighted by Crippen LogP contribution is 2.12. The van der Waals surface area contributed by atoms with Crippen LogP contribution in [-0.4, -0.2) is 85.0 Å². The van der Waals surface area contributed by atoms with Gasteiger partial charge in [-0.15, -0.1) is 31.4 Å². The van der Waals surface area contributed by atoms with E-state index in [0.717, 1.165) is 31.1 Å². The first-order valence-corrected chi connectivity index (χ1v) is 9.03.